The molecule has 18 nitrogen and oxygen atoms in total. The van der Waals surface area contributed by atoms with Crippen molar-refractivity contribution in [1.82, 2.24) is 14.7 Å². The molecule has 422 valence electrons. The molecular formula is C59H77FN6O12. The molecule has 78 heavy (non-hydrogen) atoms. The zero-order valence-corrected chi connectivity index (χ0v) is 46.5. The van der Waals surface area contributed by atoms with Crippen LogP contribution in [0.4, 0.5) is 10.1 Å². The standard InChI is InChI=1S/C59H77FN6O12/c1-32(2)30-65-24-20-59(21-25-65)62-47-44-45-52(71)38(8)55-46(44)56(73)58(9,78-55)76-28-19-41(75-10)35(5)54(77-43(68)29-42(67)66-23-12-22-64(26-27-66)31-39-15-17-40(60)18-16-39)37(7)51(70)36(6)50(69)33(3)13-11-14-34(4)57(74)61-49(53(45)72)48(47)63-59/h11,13-19,28,32-33,35-37,41,50-51,54,69-72H,12,20-27,29-31H2,1-10H3,(H,61,74)/b13-11+,28-19+,34-14-/t33-,35+,36+,37+,41-,50-,51+,54+,58-/m0/s1. The maximum atomic E-state index is 15.0. The average Bonchev–Trinajstić information content (AvgIpc) is 3.83. The number of benzene rings is 3. The lowest BCUT2D eigenvalue weighted by Crippen LogP contribution is -2.47. The van der Waals surface area contributed by atoms with Gasteiger partial charge in [0.25, 0.3) is 11.7 Å². The van der Waals surface area contributed by atoms with Crippen LogP contribution in [0.2, 0.25) is 0 Å². The molecular weight excluding hydrogens is 1000 g/mol. The zero-order valence-electron chi connectivity index (χ0n) is 46.5. The van der Waals surface area contributed by atoms with E-state index in [-0.39, 0.29) is 55.4 Å². The molecule has 0 aromatic heterocycles. The molecule has 2 fully saturated rings. The smallest absolute Gasteiger partial charge is 0.315 e. The van der Waals surface area contributed by atoms with Crippen LogP contribution in [0.5, 0.6) is 17.2 Å². The van der Waals surface area contributed by atoms with Gasteiger partial charge in [0.2, 0.25) is 5.91 Å². The van der Waals surface area contributed by atoms with Gasteiger partial charge in [-0.15, -0.1) is 0 Å². The summed E-state index contributed by atoms with van der Waals surface area (Å²) in [5.74, 6) is -8.28. The van der Waals surface area contributed by atoms with Crippen LogP contribution in [0, 0.1) is 42.3 Å². The van der Waals surface area contributed by atoms with E-state index in [4.69, 9.17) is 28.9 Å². The second-order valence-electron chi connectivity index (χ2n) is 22.6. The van der Waals surface area contributed by atoms with Crippen molar-refractivity contribution < 1.29 is 62.9 Å². The lowest BCUT2D eigenvalue weighted by atomic mass is 9.78. The molecule has 1 spiro atoms. The van der Waals surface area contributed by atoms with Crippen molar-refractivity contribution in [2.75, 3.05) is 58.2 Å². The number of amides is 2. The zero-order chi connectivity index (χ0) is 56.5. The van der Waals surface area contributed by atoms with Gasteiger partial charge in [-0.2, -0.15) is 0 Å². The molecule has 2 amide bonds. The van der Waals surface area contributed by atoms with Gasteiger partial charge in [0.15, 0.2) is 11.4 Å². The number of piperidine rings is 1. The number of halogens is 1. The Bertz CT molecular complexity index is 3010. The summed E-state index contributed by atoms with van der Waals surface area (Å²) in [5.41, 5.74) is 0.202. The number of rotatable bonds is 8. The van der Waals surface area contributed by atoms with Gasteiger partial charge in [-0.25, -0.2) is 4.39 Å². The summed E-state index contributed by atoms with van der Waals surface area (Å²) in [6, 6.07) is 6.30. The van der Waals surface area contributed by atoms with Crippen molar-refractivity contribution in [3.63, 3.8) is 0 Å². The number of Topliss-reactive ketones (excluding diaryl/α,β-unsaturated/α-hetero) is 1. The maximum Gasteiger partial charge on any atom is 0.315 e. The summed E-state index contributed by atoms with van der Waals surface area (Å²) in [5, 5.41) is 51.1. The number of aromatic hydroxyl groups is 2. The molecule has 0 unspecified atom stereocenters. The number of nitrogens with zero attached hydrogens (tertiary/aromatic N) is 5. The van der Waals surface area contributed by atoms with E-state index in [9.17, 15) is 44.0 Å². The Hall–Kier alpha value is -6.25. The number of hydrogen-bond acceptors (Lipinski definition) is 16. The number of hydrogen-bond donors (Lipinski definition) is 5. The van der Waals surface area contributed by atoms with Crippen LogP contribution in [0.1, 0.15) is 103 Å². The van der Waals surface area contributed by atoms with Crippen LogP contribution in [-0.4, -0.2) is 147 Å². The van der Waals surface area contributed by atoms with Crippen LogP contribution >= 0.6 is 0 Å². The first-order valence-electron chi connectivity index (χ1n) is 27.3. The van der Waals surface area contributed by atoms with E-state index in [0.29, 0.717) is 71.0 Å². The topological polar surface area (TPSA) is 233 Å². The van der Waals surface area contributed by atoms with Gasteiger partial charge in [-0.05, 0) is 50.0 Å². The Morgan fingerprint density at radius 3 is 2.24 bits per heavy atom. The number of likely N-dealkylation sites (tertiary alicyclic amines) is 1. The highest BCUT2D eigenvalue weighted by atomic mass is 19.1. The average molecular weight is 1080 g/mol. The number of fused-ring (bicyclic) bond motifs is 13. The Balaban J connectivity index is 1.13. The normalized spacial score (nSPS) is 29.7. The number of methoxy groups -OCH3 is 1. The monoisotopic (exact) mass is 1080 g/mol. The highest BCUT2D eigenvalue weighted by molar-refractivity contribution is 6.19. The molecule has 0 radical (unpaired) electrons. The Labute approximate surface area is 455 Å². The molecule has 19 heteroatoms. The van der Waals surface area contributed by atoms with Gasteiger partial charge >= 0.3 is 11.8 Å². The van der Waals surface area contributed by atoms with E-state index in [1.54, 1.807) is 69.9 Å². The van der Waals surface area contributed by atoms with Crippen molar-refractivity contribution in [3.05, 3.63) is 93.6 Å². The van der Waals surface area contributed by atoms with Crippen LogP contribution in [0.15, 0.2) is 70.4 Å². The lowest BCUT2D eigenvalue weighted by molar-refractivity contribution is -0.165. The number of allylic oxidation sites excluding steroid dienone is 2. The molecule has 3 aromatic carbocycles. The van der Waals surface area contributed by atoms with Gasteiger partial charge in [-0.1, -0.05) is 71.9 Å². The number of aliphatic hydroxyl groups is 2. The quantitative estimate of drug-likeness (QED) is 0.0991. The Morgan fingerprint density at radius 1 is 0.872 bits per heavy atom. The summed E-state index contributed by atoms with van der Waals surface area (Å²) in [6.07, 6.45) is 4.30. The molecule has 2 saturated heterocycles. The van der Waals surface area contributed by atoms with Crippen molar-refractivity contribution in [1.29, 1.82) is 0 Å². The summed E-state index contributed by atoms with van der Waals surface area (Å²) < 4.78 is 38.3. The van der Waals surface area contributed by atoms with E-state index in [2.05, 4.69) is 29.0 Å². The fourth-order valence-corrected chi connectivity index (χ4v) is 11.7. The number of phenols is 2. The van der Waals surface area contributed by atoms with Crippen molar-refractivity contribution in [2.24, 2.45) is 39.6 Å². The molecule has 3 aromatic rings. The van der Waals surface area contributed by atoms with E-state index >= 15 is 0 Å². The largest absolute Gasteiger partial charge is 0.507 e. The predicted molar refractivity (Wildman–Crippen MR) is 290 cm³/mol. The third-order valence-electron chi connectivity index (χ3n) is 16.4. The van der Waals surface area contributed by atoms with Gasteiger partial charge in [0, 0.05) is 119 Å². The number of carbonyl (C=O) groups is 4. The minimum absolute atomic E-state index is 0.00142. The fourth-order valence-electron chi connectivity index (χ4n) is 11.7. The predicted octanol–water partition coefficient (Wildman–Crippen LogP) is 5.99. The Morgan fingerprint density at radius 2 is 1.56 bits per heavy atom. The van der Waals surface area contributed by atoms with Gasteiger partial charge in [0.05, 0.1) is 40.9 Å². The molecule has 0 aliphatic carbocycles. The fraction of sp³-hybridized carbons (Fsp3) is 0.559. The molecule has 6 aliphatic rings. The Kier molecular flexibility index (Phi) is 17.5. The van der Waals surface area contributed by atoms with Crippen LogP contribution < -0.4 is 20.8 Å². The lowest BCUT2D eigenvalue weighted by Gasteiger charge is -2.38. The van der Waals surface area contributed by atoms with E-state index in [1.165, 1.54) is 45.4 Å². The number of nitrogens with one attached hydrogen (secondary N) is 1. The highest BCUT2D eigenvalue weighted by Crippen LogP contribution is 2.50. The molecule has 0 saturated carbocycles. The SMILES string of the molecule is CO[C@H]1/C=C/O[C@@]2(C)Oc3c(C)c(O)c4c(O)c(c5c(c4c3C2=O)=NC2(CCN(CC(C)C)CC2)N=5)NC(=O)/C(C)=C\C=C\[C@H](C)[C@H](O)[C@@H](C)[C@@H](O)[C@@H](C)[C@H](OC(=O)CC(=O)N2CCCN(Cc3ccc(F)cc3)CC2)[C@@H]1C. The number of ketones is 1. The molecule has 9 atom stereocenters. The number of esters is 1. The van der Waals surface area contributed by atoms with E-state index in [0.717, 1.165) is 12.1 Å². The van der Waals surface area contributed by atoms with Crippen molar-refractivity contribution in [3.8, 4) is 17.2 Å². The number of ether oxygens (including phenoxy) is 4. The first-order valence-corrected chi connectivity index (χ1v) is 27.3. The van der Waals surface area contributed by atoms with E-state index < -0.39 is 101 Å². The number of anilines is 1. The van der Waals surface area contributed by atoms with E-state index in [1.807, 2.05) is 0 Å². The minimum atomic E-state index is -2.04. The highest BCUT2D eigenvalue weighted by Gasteiger charge is 2.50. The second-order valence-corrected chi connectivity index (χ2v) is 22.6. The summed E-state index contributed by atoms with van der Waals surface area (Å²) >= 11 is 0. The number of aliphatic hydroxyl groups excluding tert-OH is 2. The molecule has 6 aliphatic heterocycles. The van der Waals surface area contributed by atoms with Crippen LogP contribution in [-0.2, 0) is 35.1 Å². The van der Waals surface area contributed by atoms with Gasteiger partial charge in [-0.3, -0.25) is 34.1 Å². The first kappa shape index (κ1) is 57.9. The summed E-state index contributed by atoms with van der Waals surface area (Å²) in [7, 11) is 1.44. The third kappa shape index (κ3) is 11.9. The molecule has 9 rings (SSSR count). The maximum absolute atomic E-state index is 15.0. The third-order valence-corrected chi connectivity index (χ3v) is 16.4. The molecule has 5 N–H and O–H groups in total. The second kappa shape index (κ2) is 23.6. The van der Waals surface area contributed by atoms with Crippen molar-refractivity contribution >= 4 is 40.0 Å². The minimum Gasteiger partial charge on any atom is -0.507 e. The van der Waals surface area contributed by atoms with Crippen LogP contribution in [0.3, 0.4) is 0 Å². The number of phenolic OH excluding ortho intramolecular Hbond substituents is 2. The summed E-state index contributed by atoms with van der Waals surface area (Å²) in [6.45, 7) is 20.6. The van der Waals surface area contributed by atoms with Crippen molar-refractivity contribution in [2.45, 2.75) is 130 Å². The first-order chi connectivity index (χ1) is 37.0. The molecule has 6 heterocycles. The van der Waals surface area contributed by atoms with Gasteiger partial charge < -0.3 is 54.5 Å². The van der Waals surface area contributed by atoms with Gasteiger partial charge in [0.1, 0.15) is 40.9 Å². The molecule has 5 bridgehead atoms. The van der Waals surface area contributed by atoms with Crippen LogP contribution in [0.25, 0.3) is 10.8 Å². The summed E-state index contributed by atoms with van der Waals surface area (Å²) in [4.78, 5) is 73.3. The number of carbonyl (C=O) groups excluding carboxylic acids is 4.